The van der Waals surface area contributed by atoms with Crippen molar-refractivity contribution in [3.63, 3.8) is 0 Å². The highest BCUT2D eigenvalue weighted by Crippen LogP contribution is 1.89. The third kappa shape index (κ3) is 4.00. The molecule has 0 saturated carbocycles. The van der Waals surface area contributed by atoms with E-state index in [0.717, 1.165) is 0 Å². The maximum atomic E-state index is 10.5. The maximum absolute atomic E-state index is 10.5. The zero-order chi connectivity index (χ0) is 10.4. The van der Waals surface area contributed by atoms with Crippen LogP contribution in [-0.2, 0) is 23.9 Å². The van der Waals surface area contributed by atoms with Gasteiger partial charge >= 0.3 is 11.9 Å². The number of carbonyl (C=O) groups is 4. The van der Waals surface area contributed by atoms with Crippen molar-refractivity contribution in [1.29, 1.82) is 0 Å². The summed E-state index contributed by atoms with van der Waals surface area (Å²) in [5, 5.41) is 0. The van der Waals surface area contributed by atoms with Crippen LogP contribution >= 0.6 is 23.2 Å². The predicted octanol–water partition coefficient (Wildman–Crippen LogP) is -0.328. The van der Waals surface area contributed by atoms with Crippen molar-refractivity contribution in [1.82, 2.24) is 0 Å². The summed E-state index contributed by atoms with van der Waals surface area (Å²) in [6, 6.07) is 0. The number of hydrogen-bond donors (Lipinski definition) is 0. The molecule has 0 rings (SSSR count). The van der Waals surface area contributed by atoms with Crippen molar-refractivity contribution in [2.24, 2.45) is 0 Å². The minimum atomic E-state index is -1.46. The minimum absolute atomic E-state index is 0.610. The van der Waals surface area contributed by atoms with E-state index >= 15 is 0 Å². The van der Waals surface area contributed by atoms with E-state index in [9.17, 15) is 19.2 Å². The lowest BCUT2D eigenvalue weighted by atomic mass is 10.4. The first-order valence-corrected chi connectivity index (χ1v) is 4.04. The van der Waals surface area contributed by atoms with E-state index in [-0.39, 0.29) is 0 Å². The van der Waals surface area contributed by atoms with Gasteiger partial charge in [-0.1, -0.05) is 0 Å². The van der Waals surface area contributed by atoms with Crippen molar-refractivity contribution >= 4 is 46.7 Å². The Morgan fingerprint density at radius 1 is 0.846 bits per heavy atom. The summed E-state index contributed by atoms with van der Waals surface area (Å²) in [4.78, 5) is 42.0. The Balaban J connectivity index is 4.15. The van der Waals surface area contributed by atoms with E-state index in [0.29, 0.717) is 0 Å². The number of halogens is 2. The largest absolute Gasteiger partial charge is 0.383 e. The first kappa shape index (κ1) is 12.1. The normalized spacial score (nSPS) is 9.08. The molecule has 0 fully saturated rings. The Bertz CT molecular complexity index is 234. The number of ketones is 2. The van der Waals surface area contributed by atoms with Crippen molar-refractivity contribution < 1.29 is 23.9 Å². The number of Topliss-reactive ketones (excluding diaryl/α,β-unsaturated/α-hetero) is 2. The summed E-state index contributed by atoms with van der Waals surface area (Å²) in [6.45, 7) is 0. The third-order valence-corrected chi connectivity index (χ3v) is 1.37. The van der Waals surface area contributed by atoms with E-state index in [2.05, 4.69) is 4.74 Å². The minimum Gasteiger partial charge on any atom is -0.381 e. The fourth-order valence-electron chi connectivity index (χ4n) is 0.307. The monoisotopic (exact) mass is 226 g/mol. The molecule has 0 bridgehead atoms. The van der Waals surface area contributed by atoms with Crippen LogP contribution in [0.2, 0.25) is 0 Å². The van der Waals surface area contributed by atoms with Crippen LogP contribution in [0.1, 0.15) is 0 Å². The number of hydrogen-bond acceptors (Lipinski definition) is 5. The van der Waals surface area contributed by atoms with Crippen LogP contribution in [0.5, 0.6) is 0 Å². The molecule has 0 unspecified atom stereocenters. The lowest BCUT2D eigenvalue weighted by Crippen LogP contribution is -2.27. The van der Waals surface area contributed by atoms with Crippen LogP contribution in [-0.4, -0.2) is 35.3 Å². The van der Waals surface area contributed by atoms with Crippen LogP contribution in [0.4, 0.5) is 0 Å². The molecule has 0 aromatic carbocycles. The molecule has 0 N–H and O–H groups in total. The van der Waals surface area contributed by atoms with Gasteiger partial charge < -0.3 is 4.74 Å². The number of alkyl halides is 2. The topological polar surface area (TPSA) is 77.5 Å². The molecule has 0 amide bonds. The van der Waals surface area contributed by atoms with E-state index in [1.165, 1.54) is 0 Å². The van der Waals surface area contributed by atoms with Crippen LogP contribution in [0.3, 0.4) is 0 Å². The van der Waals surface area contributed by atoms with Crippen molar-refractivity contribution in [2.75, 3.05) is 11.8 Å². The molecule has 13 heavy (non-hydrogen) atoms. The van der Waals surface area contributed by atoms with Gasteiger partial charge in [-0.15, -0.1) is 23.2 Å². The molecule has 5 nitrogen and oxygen atoms in total. The number of esters is 2. The highest BCUT2D eigenvalue weighted by Gasteiger charge is 2.22. The molecule has 0 aromatic heterocycles. The van der Waals surface area contributed by atoms with E-state index in [1.807, 2.05) is 0 Å². The Labute approximate surface area is 82.9 Å². The molecular weight excluding hydrogens is 223 g/mol. The van der Waals surface area contributed by atoms with Gasteiger partial charge in [-0.05, 0) is 0 Å². The Hall–Kier alpha value is -0.940. The van der Waals surface area contributed by atoms with Crippen LogP contribution in [0.25, 0.3) is 0 Å². The second kappa shape index (κ2) is 5.66. The summed E-state index contributed by atoms with van der Waals surface area (Å²) in [5.41, 5.74) is 0. The average Bonchev–Trinajstić information content (AvgIpc) is 2.14. The van der Waals surface area contributed by atoms with E-state index in [4.69, 9.17) is 23.2 Å². The maximum Gasteiger partial charge on any atom is 0.383 e. The molecule has 0 aliphatic carbocycles. The van der Waals surface area contributed by atoms with Crippen molar-refractivity contribution in [3.8, 4) is 0 Å². The van der Waals surface area contributed by atoms with Gasteiger partial charge in [-0.25, -0.2) is 9.59 Å². The third-order valence-electron chi connectivity index (χ3n) is 0.883. The standard InChI is InChI=1S/C6H4Cl2O5/c7-1-3(9)5(11)13-6(12)4(10)2-8/h1-2H2. The quantitative estimate of drug-likeness (QED) is 0.284. The van der Waals surface area contributed by atoms with E-state index < -0.39 is 35.3 Å². The fraction of sp³-hybridized carbons (Fsp3) is 0.333. The fourth-order valence-corrected chi connectivity index (χ4v) is 0.525. The zero-order valence-electron chi connectivity index (χ0n) is 6.21. The van der Waals surface area contributed by atoms with Gasteiger partial charge in [0.2, 0.25) is 0 Å². The molecule has 72 valence electrons. The van der Waals surface area contributed by atoms with Gasteiger partial charge in [-0.3, -0.25) is 9.59 Å². The van der Waals surface area contributed by atoms with Gasteiger partial charge in [0.05, 0.1) is 11.8 Å². The Morgan fingerprint density at radius 2 is 1.15 bits per heavy atom. The van der Waals surface area contributed by atoms with Gasteiger partial charge in [-0.2, -0.15) is 0 Å². The second-order valence-corrected chi connectivity index (χ2v) is 2.33. The molecule has 0 spiro atoms. The van der Waals surface area contributed by atoms with Crippen molar-refractivity contribution in [2.45, 2.75) is 0 Å². The van der Waals surface area contributed by atoms with Gasteiger partial charge in [0, 0.05) is 0 Å². The summed E-state index contributed by atoms with van der Waals surface area (Å²) >= 11 is 9.94. The molecule has 0 heterocycles. The molecule has 0 aliphatic heterocycles. The molecule has 0 aliphatic rings. The smallest absolute Gasteiger partial charge is 0.381 e. The van der Waals surface area contributed by atoms with Crippen molar-refractivity contribution in [3.05, 3.63) is 0 Å². The molecule has 0 radical (unpaired) electrons. The molecule has 7 heteroatoms. The van der Waals surface area contributed by atoms with E-state index in [1.54, 1.807) is 0 Å². The predicted molar refractivity (Wildman–Crippen MR) is 42.6 cm³/mol. The Kier molecular flexibility index (Phi) is 5.25. The highest BCUT2D eigenvalue weighted by atomic mass is 35.5. The number of carbonyl (C=O) groups excluding carboxylic acids is 4. The zero-order valence-corrected chi connectivity index (χ0v) is 7.72. The first-order valence-electron chi connectivity index (χ1n) is 2.97. The average molecular weight is 227 g/mol. The van der Waals surface area contributed by atoms with Crippen LogP contribution in [0.15, 0.2) is 0 Å². The summed E-state index contributed by atoms with van der Waals surface area (Å²) < 4.78 is 3.81. The lowest BCUT2D eigenvalue weighted by molar-refractivity contribution is -0.166. The second-order valence-electron chi connectivity index (χ2n) is 1.79. The molecule has 0 saturated heterocycles. The van der Waals surface area contributed by atoms with Gasteiger partial charge in [0.25, 0.3) is 11.6 Å². The van der Waals surface area contributed by atoms with Crippen LogP contribution in [0, 0.1) is 0 Å². The van der Waals surface area contributed by atoms with Crippen LogP contribution < -0.4 is 0 Å². The molecule has 0 atom stereocenters. The number of ether oxygens (including phenoxy) is 1. The lowest BCUT2D eigenvalue weighted by Gasteiger charge is -1.96. The first-order chi connectivity index (χ1) is 6.02. The van der Waals surface area contributed by atoms with Gasteiger partial charge in [0.15, 0.2) is 0 Å². The highest BCUT2D eigenvalue weighted by molar-refractivity contribution is 6.50. The summed E-state index contributed by atoms with van der Waals surface area (Å²) in [7, 11) is 0. The Morgan fingerprint density at radius 3 is 1.38 bits per heavy atom. The molecule has 0 aromatic rings. The summed E-state index contributed by atoms with van der Waals surface area (Å²) in [6.07, 6.45) is 0. The SMILES string of the molecule is O=C(CCl)C(=O)OC(=O)C(=O)CCl. The molecular formula is C6H4Cl2O5. The van der Waals surface area contributed by atoms with Gasteiger partial charge in [0.1, 0.15) is 0 Å². The number of rotatable bonds is 4. The summed E-state index contributed by atoms with van der Waals surface area (Å²) in [5.74, 6) is -6.34.